The van der Waals surface area contributed by atoms with Crippen LogP contribution in [0.5, 0.6) is 0 Å². The van der Waals surface area contributed by atoms with Gasteiger partial charge in [-0.15, -0.1) is 0 Å². The van der Waals surface area contributed by atoms with Crippen molar-refractivity contribution in [1.29, 1.82) is 0 Å². The van der Waals surface area contributed by atoms with Gasteiger partial charge in [0, 0.05) is 23.8 Å². The highest BCUT2D eigenvalue weighted by molar-refractivity contribution is 7.89. The van der Waals surface area contributed by atoms with Crippen molar-refractivity contribution >= 4 is 21.6 Å². The van der Waals surface area contributed by atoms with Crippen molar-refractivity contribution < 1.29 is 13.2 Å². The van der Waals surface area contributed by atoms with Crippen molar-refractivity contribution in [2.24, 2.45) is 0 Å². The minimum absolute atomic E-state index is 0.0538. The molecule has 0 atom stereocenters. The molecule has 26 heavy (non-hydrogen) atoms. The number of nitrogens with one attached hydrogen (secondary N) is 1. The van der Waals surface area contributed by atoms with Crippen LogP contribution < -0.4 is 9.62 Å². The summed E-state index contributed by atoms with van der Waals surface area (Å²) in [5, 5.41) is 0. The van der Waals surface area contributed by atoms with Crippen LogP contribution >= 0.6 is 0 Å². The smallest absolute Gasteiger partial charge is 0.258 e. The van der Waals surface area contributed by atoms with E-state index >= 15 is 0 Å². The molecule has 0 saturated carbocycles. The first kappa shape index (κ1) is 18.6. The first-order chi connectivity index (χ1) is 12.3. The molecule has 2 aromatic carbocycles. The Kier molecular flexibility index (Phi) is 5.16. The molecular formula is C20H24N2O3S. The minimum atomic E-state index is -3.54. The molecular weight excluding hydrogens is 348 g/mol. The number of aryl methyl sites for hydroxylation is 2. The lowest BCUT2D eigenvalue weighted by Gasteiger charge is -2.30. The third-order valence-corrected chi connectivity index (χ3v) is 6.07. The van der Waals surface area contributed by atoms with Gasteiger partial charge in [0.05, 0.1) is 4.90 Å². The Hall–Kier alpha value is -2.18. The van der Waals surface area contributed by atoms with Gasteiger partial charge in [-0.2, -0.15) is 0 Å². The number of hydrogen-bond donors (Lipinski definition) is 1. The Balaban J connectivity index is 1.93. The standard InChI is InChI=1S/C20H24N2O3S/c1-14(2)21-26(24,25)18-10-11-19-17(13-18)5-4-12-22(19)20(23)16-8-6-15(3)7-9-16/h6-11,13-14,21H,4-5,12H2,1-3H3. The molecule has 0 unspecified atom stereocenters. The number of sulfonamides is 1. The summed E-state index contributed by atoms with van der Waals surface area (Å²) in [6, 6.07) is 12.3. The second-order valence-electron chi connectivity index (χ2n) is 6.99. The third-order valence-electron chi connectivity index (χ3n) is 4.41. The molecule has 3 rings (SSSR count). The van der Waals surface area contributed by atoms with Crippen LogP contribution in [0.2, 0.25) is 0 Å². The molecule has 5 nitrogen and oxygen atoms in total. The molecule has 6 heteroatoms. The highest BCUT2D eigenvalue weighted by Crippen LogP contribution is 2.30. The van der Waals surface area contributed by atoms with Crippen LogP contribution in [0.1, 0.15) is 41.8 Å². The van der Waals surface area contributed by atoms with E-state index in [0.29, 0.717) is 12.1 Å². The minimum Gasteiger partial charge on any atom is -0.308 e. The topological polar surface area (TPSA) is 66.5 Å². The zero-order valence-electron chi connectivity index (χ0n) is 15.3. The number of anilines is 1. The summed E-state index contributed by atoms with van der Waals surface area (Å²) in [4.78, 5) is 14.9. The van der Waals surface area contributed by atoms with Crippen LogP contribution in [0.15, 0.2) is 47.4 Å². The van der Waals surface area contributed by atoms with E-state index < -0.39 is 10.0 Å². The molecule has 0 aromatic heterocycles. The summed E-state index contributed by atoms with van der Waals surface area (Å²) in [6.07, 6.45) is 1.57. The van der Waals surface area contributed by atoms with Gasteiger partial charge in [-0.3, -0.25) is 4.79 Å². The van der Waals surface area contributed by atoms with Gasteiger partial charge in [0.1, 0.15) is 0 Å². The van der Waals surface area contributed by atoms with Crippen LogP contribution in [0.25, 0.3) is 0 Å². The van der Waals surface area contributed by atoms with Crippen molar-refractivity contribution in [2.45, 2.75) is 44.6 Å². The predicted octanol–water partition coefficient (Wildman–Crippen LogP) is 3.27. The first-order valence-corrected chi connectivity index (χ1v) is 10.3. The van der Waals surface area contributed by atoms with Crippen LogP contribution in [0, 0.1) is 6.92 Å². The molecule has 0 aliphatic carbocycles. The van der Waals surface area contributed by atoms with Crippen LogP contribution in [0.3, 0.4) is 0 Å². The Labute approximate surface area is 155 Å². The number of carbonyl (C=O) groups is 1. The van der Waals surface area contributed by atoms with E-state index in [9.17, 15) is 13.2 Å². The van der Waals surface area contributed by atoms with Crippen LogP contribution in [-0.2, 0) is 16.4 Å². The Morgan fingerprint density at radius 1 is 1.12 bits per heavy atom. The maximum absolute atomic E-state index is 12.9. The Bertz CT molecular complexity index is 919. The van der Waals surface area contributed by atoms with E-state index in [4.69, 9.17) is 0 Å². The number of rotatable bonds is 4. The molecule has 1 amide bonds. The number of amides is 1. The zero-order valence-corrected chi connectivity index (χ0v) is 16.1. The number of hydrogen-bond acceptors (Lipinski definition) is 3. The average molecular weight is 372 g/mol. The van der Waals surface area contributed by atoms with Gasteiger partial charge in [0.15, 0.2) is 0 Å². The summed E-state index contributed by atoms with van der Waals surface area (Å²) >= 11 is 0. The van der Waals surface area contributed by atoms with E-state index in [1.807, 2.05) is 31.2 Å². The van der Waals surface area contributed by atoms with Crippen molar-refractivity contribution in [2.75, 3.05) is 11.4 Å². The van der Waals surface area contributed by atoms with Gasteiger partial charge in [-0.1, -0.05) is 17.7 Å². The van der Waals surface area contributed by atoms with E-state index in [1.165, 1.54) is 0 Å². The summed E-state index contributed by atoms with van der Waals surface area (Å²) in [7, 11) is -3.54. The molecule has 1 heterocycles. The highest BCUT2D eigenvalue weighted by Gasteiger charge is 2.25. The lowest BCUT2D eigenvalue weighted by atomic mass is 10.0. The number of carbonyl (C=O) groups excluding carboxylic acids is 1. The Morgan fingerprint density at radius 2 is 1.81 bits per heavy atom. The maximum Gasteiger partial charge on any atom is 0.258 e. The van der Waals surface area contributed by atoms with Crippen molar-refractivity contribution in [3.63, 3.8) is 0 Å². The van der Waals surface area contributed by atoms with Gasteiger partial charge in [0.2, 0.25) is 10.0 Å². The molecule has 2 aromatic rings. The van der Waals surface area contributed by atoms with Crippen molar-refractivity contribution in [3.8, 4) is 0 Å². The monoisotopic (exact) mass is 372 g/mol. The van der Waals surface area contributed by atoms with E-state index in [1.54, 1.807) is 36.9 Å². The van der Waals surface area contributed by atoms with Gasteiger partial charge >= 0.3 is 0 Å². The number of benzene rings is 2. The van der Waals surface area contributed by atoms with Gasteiger partial charge in [-0.25, -0.2) is 13.1 Å². The zero-order chi connectivity index (χ0) is 18.9. The molecule has 0 fully saturated rings. The van der Waals surface area contributed by atoms with Gasteiger partial charge in [0.25, 0.3) is 5.91 Å². The van der Waals surface area contributed by atoms with Crippen LogP contribution in [0.4, 0.5) is 5.69 Å². The lowest BCUT2D eigenvalue weighted by molar-refractivity contribution is 0.0985. The second kappa shape index (κ2) is 7.21. The molecule has 138 valence electrons. The van der Waals surface area contributed by atoms with E-state index in [-0.39, 0.29) is 16.8 Å². The summed E-state index contributed by atoms with van der Waals surface area (Å²) in [5.41, 5.74) is 3.43. The quantitative estimate of drug-likeness (QED) is 0.896. The summed E-state index contributed by atoms with van der Waals surface area (Å²) in [6.45, 7) is 6.20. The molecule has 1 aliphatic rings. The third kappa shape index (κ3) is 3.81. The summed E-state index contributed by atoms with van der Waals surface area (Å²) < 4.78 is 27.4. The van der Waals surface area contributed by atoms with E-state index in [2.05, 4.69) is 4.72 Å². The number of nitrogens with zero attached hydrogens (tertiary/aromatic N) is 1. The van der Waals surface area contributed by atoms with Crippen molar-refractivity contribution in [3.05, 3.63) is 59.2 Å². The molecule has 1 aliphatic heterocycles. The van der Waals surface area contributed by atoms with Crippen LogP contribution in [-0.4, -0.2) is 26.9 Å². The fourth-order valence-corrected chi connectivity index (χ4v) is 4.48. The largest absolute Gasteiger partial charge is 0.308 e. The second-order valence-corrected chi connectivity index (χ2v) is 8.71. The van der Waals surface area contributed by atoms with Crippen molar-refractivity contribution in [1.82, 2.24) is 4.72 Å². The molecule has 0 bridgehead atoms. The predicted molar refractivity (Wildman–Crippen MR) is 103 cm³/mol. The Morgan fingerprint density at radius 3 is 2.46 bits per heavy atom. The van der Waals surface area contributed by atoms with Gasteiger partial charge < -0.3 is 4.90 Å². The molecule has 1 N–H and O–H groups in total. The highest BCUT2D eigenvalue weighted by atomic mass is 32.2. The van der Waals surface area contributed by atoms with Gasteiger partial charge in [-0.05, 0) is 69.5 Å². The lowest BCUT2D eigenvalue weighted by Crippen LogP contribution is -2.36. The molecule has 0 saturated heterocycles. The molecule has 0 spiro atoms. The number of fused-ring (bicyclic) bond motifs is 1. The maximum atomic E-state index is 12.9. The fraction of sp³-hybridized carbons (Fsp3) is 0.350. The SMILES string of the molecule is Cc1ccc(C(=O)N2CCCc3cc(S(=O)(=O)NC(C)C)ccc32)cc1. The normalized spacial score (nSPS) is 14.4. The molecule has 0 radical (unpaired) electrons. The fourth-order valence-electron chi connectivity index (χ4n) is 3.18. The average Bonchev–Trinajstić information content (AvgIpc) is 2.59. The summed E-state index contributed by atoms with van der Waals surface area (Å²) in [5.74, 6) is -0.0538. The first-order valence-electron chi connectivity index (χ1n) is 8.82. The van der Waals surface area contributed by atoms with E-state index in [0.717, 1.165) is 29.7 Å².